The van der Waals surface area contributed by atoms with Crippen LogP contribution in [0.2, 0.25) is 0 Å². The number of aliphatic hydroxyl groups is 1. The summed E-state index contributed by atoms with van der Waals surface area (Å²) in [7, 11) is 2.10. The van der Waals surface area contributed by atoms with Crippen LogP contribution in [0.25, 0.3) is 0 Å². The van der Waals surface area contributed by atoms with Crippen LogP contribution in [0.3, 0.4) is 0 Å². The minimum absolute atomic E-state index is 0.107. The van der Waals surface area contributed by atoms with Crippen molar-refractivity contribution in [3.05, 3.63) is 29.3 Å². The predicted molar refractivity (Wildman–Crippen MR) is 78.8 cm³/mol. The van der Waals surface area contributed by atoms with Gasteiger partial charge in [-0.25, -0.2) is 0 Å². The van der Waals surface area contributed by atoms with Crippen LogP contribution < -0.4 is 4.90 Å². The van der Waals surface area contributed by atoms with Crippen LogP contribution in [0.1, 0.15) is 24.0 Å². The van der Waals surface area contributed by atoms with E-state index in [0.29, 0.717) is 6.61 Å². The first-order chi connectivity index (χ1) is 9.06. The second-order valence-corrected chi connectivity index (χ2v) is 5.96. The minimum Gasteiger partial charge on any atom is -0.396 e. The van der Waals surface area contributed by atoms with Crippen LogP contribution in [-0.2, 0) is 4.74 Å². The summed E-state index contributed by atoms with van der Waals surface area (Å²) >= 11 is 0. The number of aryl methyl sites for hydroxylation is 2. The second-order valence-electron chi connectivity index (χ2n) is 5.96. The Morgan fingerprint density at radius 1 is 1.37 bits per heavy atom. The van der Waals surface area contributed by atoms with Gasteiger partial charge in [0.2, 0.25) is 0 Å². The largest absolute Gasteiger partial charge is 0.396 e. The molecular weight excluding hydrogens is 238 g/mol. The zero-order valence-electron chi connectivity index (χ0n) is 12.3. The molecule has 0 radical (unpaired) electrons. The van der Waals surface area contributed by atoms with E-state index < -0.39 is 0 Å². The van der Waals surface area contributed by atoms with E-state index in [2.05, 4.69) is 44.0 Å². The van der Waals surface area contributed by atoms with Gasteiger partial charge in [0, 0.05) is 31.3 Å². The molecule has 1 atom stereocenters. The van der Waals surface area contributed by atoms with Gasteiger partial charge in [-0.1, -0.05) is 17.7 Å². The highest BCUT2D eigenvalue weighted by molar-refractivity contribution is 5.54. The van der Waals surface area contributed by atoms with Gasteiger partial charge in [-0.3, -0.25) is 0 Å². The lowest BCUT2D eigenvalue weighted by atomic mass is 9.82. The molecule has 1 aromatic carbocycles. The summed E-state index contributed by atoms with van der Waals surface area (Å²) in [5.41, 5.74) is 3.70. The highest BCUT2D eigenvalue weighted by Crippen LogP contribution is 2.31. The van der Waals surface area contributed by atoms with E-state index in [1.54, 1.807) is 0 Å². The number of hydrogen-bond acceptors (Lipinski definition) is 3. The van der Waals surface area contributed by atoms with Crippen molar-refractivity contribution in [3.63, 3.8) is 0 Å². The fraction of sp³-hybridized carbons (Fsp3) is 0.625. The first-order valence-corrected chi connectivity index (χ1v) is 7.03. The molecule has 106 valence electrons. The van der Waals surface area contributed by atoms with E-state index >= 15 is 0 Å². The zero-order valence-corrected chi connectivity index (χ0v) is 12.3. The molecule has 1 fully saturated rings. The minimum atomic E-state index is -0.107. The van der Waals surface area contributed by atoms with Gasteiger partial charge in [0.1, 0.15) is 0 Å². The molecule has 1 heterocycles. The normalized spacial score (nSPS) is 23.4. The van der Waals surface area contributed by atoms with Crippen molar-refractivity contribution in [2.24, 2.45) is 5.41 Å². The highest BCUT2D eigenvalue weighted by atomic mass is 16.5. The molecule has 19 heavy (non-hydrogen) atoms. The summed E-state index contributed by atoms with van der Waals surface area (Å²) in [4.78, 5) is 2.25. The molecule has 1 aliphatic rings. The van der Waals surface area contributed by atoms with E-state index in [0.717, 1.165) is 26.0 Å². The smallest absolute Gasteiger partial charge is 0.0561 e. The number of nitrogens with zero attached hydrogens (tertiary/aromatic N) is 1. The van der Waals surface area contributed by atoms with Crippen LogP contribution in [0.4, 0.5) is 5.69 Å². The number of ether oxygens (including phenoxy) is 1. The first kappa shape index (κ1) is 14.4. The first-order valence-electron chi connectivity index (χ1n) is 7.03. The van der Waals surface area contributed by atoms with E-state index in [1.807, 2.05) is 0 Å². The van der Waals surface area contributed by atoms with Gasteiger partial charge in [-0.05, 0) is 38.3 Å². The molecule has 1 unspecified atom stereocenters. The van der Waals surface area contributed by atoms with Crippen molar-refractivity contribution in [2.45, 2.75) is 26.7 Å². The molecule has 3 heteroatoms. The van der Waals surface area contributed by atoms with E-state index in [4.69, 9.17) is 4.74 Å². The fourth-order valence-corrected chi connectivity index (χ4v) is 3.03. The third kappa shape index (κ3) is 3.28. The Bertz CT molecular complexity index is 425. The molecule has 3 nitrogen and oxygen atoms in total. The standard InChI is InChI=1S/C16H25NO2/c1-13-5-6-15(14(2)9-13)17(3)10-16(11-18)7-4-8-19-12-16/h5-6,9,18H,4,7-8,10-12H2,1-3H3. The molecule has 0 bridgehead atoms. The Balaban J connectivity index is 2.12. The Labute approximate surface area is 116 Å². The van der Waals surface area contributed by atoms with Gasteiger partial charge in [0.15, 0.2) is 0 Å². The number of anilines is 1. The van der Waals surface area contributed by atoms with Crippen LogP contribution >= 0.6 is 0 Å². The van der Waals surface area contributed by atoms with E-state index in [-0.39, 0.29) is 12.0 Å². The maximum Gasteiger partial charge on any atom is 0.0561 e. The predicted octanol–water partition coefficient (Wildman–Crippen LogP) is 2.53. The Morgan fingerprint density at radius 2 is 2.16 bits per heavy atom. The summed E-state index contributed by atoms with van der Waals surface area (Å²) in [5, 5.41) is 9.74. The lowest BCUT2D eigenvalue weighted by Crippen LogP contribution is -2.44. The maximum absolute atomic E-state index is 9.74. The van der Waals surface area contributed by atoms with Crippen molar-refractivity contribution in [3.8, 4) is 0 Å². The third-order valence-electron chi connectivity index (χ3n) is 4.08. The van der Waals surface area contributed by atoms with Crippen molar-refractivity contribution in [1.82, 2.24) is 0 Å². The summed E-state index contributed by atoms with van der Waals surface area (Å²) in [6.45, 7) is 6.78. The van der Waals surface area contributed by atoms with Gasteiger partial charge >= 0.3 is 0 Å². The summed E-state index contributed by atoms with van der Waals surface area (Å²) in [6.07, 6.45) is 2.08. The van der Waals surface area contributed by atoms with Crippen molar-refractivity contribution in [2.75, 3.05) is 38.3 Å². The Hall–Kier alpha value is -1.06. The molecule has 2 rings (SSSR count). The topological polar surface area (TPSA) is 32.7 Å². The SMILES string of the molecule is Cc1ccc(N(C)CC2(CO)CCCOC2)c(C)c1. The number of rotatable bonds is 4. The molecule has 0 amide bonds. The summed E-state index contributed by atoms with van der Waals surface area (Å²) in [5.74, 6) is 0. The lowest BCUT2D eigenvalue weighted by molar-refractivity contribution is -0.0331. The van der Waals surface area contributed by atoms with E-state index in [9.17, 15) is 5.11 Å². The zero-order chi connectivity index (χ0) is 13.9. The molecule has 1 N–H and O–H groups in total. The highest BCUT2D eigenvalue weighted by Gasteiger charge is 2.33. The van der Waals surface area contributed by atoms with Gasteiger partial charge in [0.05, 0.1) is 13.2 Å². The molecule has 0 aromatic heterocycles. The second kappa shape index (κ2) is 5.93. The molecule has 0 saturated carbocycles. The van der Waals surface area contributed by atoms with Crippen molar-refractivity contribution >= 4 is 5.69 Å². The van der Waals surface area contributed by atoms with Gasteiger partial charge in [0.25, 0.3) is 0 Å². The monoisotopic (exact) mass is 263 g/mol. The van der Waals surface area contributed by atoms with Crippen molar-refractivity contribution < 1.29 is 9.84 Å². The van der Waals surface area contributed by atoms with E-state index in [1.165, 1.54) is 16.8 Å². The number of benzene rings is 1. The number of hydrogen-bond donors (Lipinski definition) is 1. The average Bonchev–Trinajstić information content (AvgIpc) is 2.39. The fourth-order valence-electron chi connectivity index (χ4n) is 3.03. The van der Waals surface area contributed by atoms with Crippen molar-refractivity contribution in [1.29, 1.82) is 0 Å². The lowest BCUT2D eigenvalue weighted by Gasteiger charge is -2.39. The molecule has 1 aliphatic heterocycles. The quantitative estimate of drug-likeness (QED) is 0.906. The molecule has 1 saturated heterocycles. The van der Waals surface area contributed by atoms with Gasteiger partial charge in [-0.15, -0.1) is 0 Å². The van der Waals surface area contributed by atoms with Crippen LogP contribution in [0.15, 0.2) is 18.2 Å². The molecule has 0 aliphatic carbocycles. The Kier molecular flexibility index (Phi) is 4.48. The van der Waals surface area contributed by atoms with Gasteiger partial charge < -0.3 is 14.7 Å². The number of aliphatic hydroxyl groups excluding tert-OH is 1. The molecular formula is C16H25NO2. The Morgan fingerprint density at radius 3 is 2.74 bits per heavy atom. The van der Waals surface area contributed by atoms with Crippen LogP contribution in [-0.4, -0.2) is 38.5 Å². The van der Waals surface area contributed by atoms with Crippen LogP contribution in [0.5, 0.6) is 0 Å². The molecule has 0 spiro atoms. The summed E-state index contributed by atoms with van der Waals surface area (Å²) < 4.78 is 5.58. The maximum atomic E-state index is 9.74. The molecule has 1 aromatic rings. The average molecular weight is 263 g/mol. The third-order valence-corrected chi connectivity index (χ3v) is 4.08. The summed E-state index contributed by atoms with van der Waals surface area (Å²) in [6, 6.07) is 6.51. The van der Waals surface area contributed by atoms with Gasteiger partial charge in [-0.2, -0.15) is 0 Å². The van der Waals surface area contributed by atoms with Crippen LogP contribution in [0, 0.1) is 19.3 Å².